The molecule has 0 bridgehead atoms. The molecule has 0 aliphatic heterocycles. The van der Waals surface area contributed by atoms with Gasteiger partial charge in [0.05, 0.1) is 0 Å². The molecule has 0 radical (unpaired) electrons. The van der Waals surface area contributed by atoms with E-state index < -0.39 is 0 Å². The fraction of sp³-hybridized carbons (Fsp3) is 0.114. The number of anilines is 2. The summed E-state index contributed by atoms with van der Waals surface area (Å²) in [6, 6.07) is 44.2. The maximum absolute atomic E-state index is 6.28. The third-order valence-corrected chi connectivity index (χ3v) is 6.77. The smallest absolute Gasteiger partial charge is 0.227 e. The van der Waals surface area contributed by atoms with E-state index in [2.05, 4.69) is 111 Å². The largest absolute Gasteiger partial charge is 0.435 e. The predicted octanol–water partition coefficient (Wildman–Crippen LogP) is 9.77. The van der Waals surface area contributed by atoms with Gasteiger partial charge in [-0.15, -0.1) is 0 Å². The Kier molecular flexibility index (Phi) is 6.05. The molecule has 186 valence electrons. The average molecular weight is 495 g/mol. The predicted molar refractivity (Wildman–Crippen MR) is 159 cm³/mol. The number of benzene rings is 5. The van der Waals surface area contributed by atoms with Crippen LogP contribution in [-0.2, 0) is 0 Å². The number of hydrogen-bond acceptors (Lipinski definition) is 3. The molecule has 5 aromatic carbocycles. The molecule has 38 heavy (non-hydrogen) atoms. The van der Waals surface area contributed by atoms with Gasteiger partial charge in [-0.2, -0.15) is 0 Å². The Morgan fingerprint density at radius 1 is 0.553 bits per heavy atom. The first-order valence-electron chi connectivity index (χ1n) is 13.0. The van der Waals surface area contributed by atoms with Crippen molar-refractivity contribution in [3.8, 4) is 33.7 Å². The molecule has 0 saturated heterocycles. The van der Waals surface area contributed by atoms with Gasteiger partial charge in [0, 0.05) is 33.6 Å². The SMILES string of the molecule is CC(C)(C)N(c1ccc(-c2cccc3nc(-c4ccccc4)oc23)cc1)c1ccccc1-c1ccccc1. The van der Waals surface area contributed by atoms with Crippen LogP contribution in [0.3, 0.4) is 0 Å². The van der Waals surface area contributed by atoms with Crippen LogP contribution >= 0.6 is 0 Å². The quantitative estimate of drug-likeness (QED) is 0.239. The minimum atomic E-state index is -0.137. The molecule has 6 aromatic rings. The first-order valence-corrected chi connectivity index (χ1v) is 13.0. The number of nitrogens with zero attached hydrogens (tertiary/aromatic N) is 2. The van der Waals surface area contributed by atoms with Crippen LogP contribution in [0.25, 0.3) is 44.8 Å². The van der Waals surface area contributed by atoms with Crippen molar-refractivity contribution in [2.75, 3.05) is 4.90 Å². The van der Waals surface area contributed by atoms with E-state index in [0.29, 0.717) is 5.89 Å². The minimum absolute atomic E-state index is 0.137. The van der Waals surface area contributed by atoms with Crippen LogP contribution in [0.2, 0.25) is 0 Å². The van der Waals surface area contributed by atoms with Crippen LogP contribution in [-0.4, -0.2) is 10.5 Å². The van der Waals surface area contributed by atoms with Gasteiger partial charge in [-0.25, -0.2) is 4.98 Å². The standard InChI is InChI=1S/C35H30N2O/c1-35(2,3)37(32-20-11-10-17-29(32)25-13-6-4-7-14-25)28-23-21-26(22-24-28)30-18-12-19-31-33(30)38-34(36-31)27-15-8-5-9-16-27/h4-24H,1-3H3. The highest BCUT2D eigenvalue weighted by Gasteiger charge is 2.26. The molecular formula is C35H30N2O. The number of hydrogen-bond donors (Lipinski definition) is 0. The molecule has 0 amide bonds. The van der Waals surface area contributed by atoms with Gasteiger partial charge in [0.25, 0.3) is 0 Å². The van der Waals surface area contributed by atoms with Gasteiger partial charge in [-0.1, -0.05) is 91.0 Å². The number of fused-ring (bicyclic) bond motifs is 1. The Labute approximate surface area is 224 Å². The summed E-state index contributed by atoms with van der Waals surface area (Å²) in [5, 5.41) is 0. The lowest BCUT2D eigenvalue weighted by molar-refractivity contribution is 0.560. The normalized spacial score (nSPS) is 11.6. The summed E-state index contributed by atoms with van der Waals surface area (Å²) in [6.45, 7) is 6.76. The third kappa shape index (κ3) is 4.48. The van der Waals surface area contributed by atoms with E-state index in [1.807, 2.05) is 42.5 Å². The third-order valence-electron chi connectivity index (χ3n) is 6.77. The summed E-state index contributed by atoms with van der Waals surface area (Å²) < 4.78 is 6.28. The lowest BCUT2D eigenvalue weighted by Crippen LogP contribution is -2.37. The minimum Gasteiger partial charge on any atom is -0.435 e. The van der Waals surface area contributed by atoms with E-state index in [4.69, 9.17) is 9.40 Å². The van der Waals surface area contributed by atoms with Crippen molar-refractivity contribution in [1.82, 2.24) is 4.98 Å². The van der Waals surface area contributed by atoms with Gasteiger partial charge < -0.3 is 9.32 Å². The molecule has 0 spiro atoms. The van der Waals surface area contributed by atoms with Gasteiger partial charge in [0.2, 0.25) is 5.89 Å². The Morgan fingerprint density at radius 2 is 1.13 bits per heavy atom. The zero-order valence-corrected chi connectivity index (χ0v) is 21.9. The molecular weight excluding hydrogens is 464 g/mol. The molecule has 6 rings (SSSR count). The lowest BCUT2D eigenvalue weighted by Gasteiger charge is -2.39. The van der Waals surface area contributed by atoms with E-state index in [9.17, 15) is 0 Å². The molecule has 0 aliphatic rings. The van der Waals surface area contributed by atoms with Crippen LogP contribution in [0, 0.1) is 0 Å². The van der Waals surface area contributed by atoms with Crippen LogP contribution in [0.4, 0.5) is 11.4 Å². The summed E-state index contributed by atoms with van der Waals surface area (Å²) in [6.07, 6.45) is 0. The topological polar surface area (TPSA) is 29.3 Å². The van der Waals surface area contributed by atoms with Crippen molar-refractivity contribution in [2.45, 2.75) is 26.3 Å². The summed E-state index contributed by atoms with van der Waals surface area (Å²) in [4.78, 5) is 7.17. The van der Waals surface area contributed by atoms with Gasteiger partial charge in [-0.3, -0.25) is 0 Å². The lowest BCUT2D eigenvalue weighted by atomic mass is 9.97. The molecule has 0 atom stereocenters. The fourth-order valence-electron chi connectivity index (χ4n) is 5.09. The molecule has 1 heterocycles. The van der Waals surface area contributed by atoms with Crippen molar-refractivity contribution in [3.63, 3.8) is 0 Å². The molecule has 0 aliphatic carbocycles. The molecule has 0 saturated carbocycles. The molecule has 0 fully saturated rings. The zero-order valence-electron chi connectivity index (χ0n) is 21.9. The maximum Gasteiger partial charge on any atom is 0.227 e. The van der Waals surface area contributed by atoms with Crippen molar-refractivity contribution < 1.29 is 4.42 Å². The fourth-order valence-corrected chi connectivity index (χ4v) is 5.09. The van der Waals surface area contributed by atoms with Crippen LogP contribution in [0.1, 0.15) is 20.8 Å². The number of para-hydroxylation sites is 2. The summed E-state index contributed by atoms with van der Waals surface area (Å²) in [7, 11) is 0. The number of aromatic nitrogens is 1. The Bertz CT molecular complexity index is 1680. The van der Waals surface area contributed by atoms with Gasteiger partial charge in [0.15, 0.2) is 5.58 Å². The second-order valence-electron chi connectivity index (χ2n) is 10.5. The first kappa shape index (κ1) is 23.7. The second-order valence-corrected chi connectivity index (χ2v) is 10.5. The summed E-state index contributed by atoms with van der Waals surface area (Å²) >= 11 is 0. The van der Waals surface area contributed by atoms with E-state index >= 15 is 0 Å². The maximum atomic E-state index is 6.28. The van der Waals surface area contributed by atoms with Crippen LogP contribution in [0.5, 0.6) is 0 Å². The molecule has 1 aromatic heterocycles. The van der Waals surface area contributed by atoms with E-state index in [1.165, 1.54) is 16.8 Å². The highest BCUT2D eigenvalue weighted by Crippen LogP contribution is 2.41. The Morgan fingerprint density at radius 3 is 1.82 bits per heavy atom. The van der Waals surface area contributed by atoms with E-state index in [-0.39, 0.29) is 5.54 Å². The van der Waals surface area contributed by atoms with Crippen LogP contribution < -0.4 is 4.90 Å². The van der Waals surface area contributed by atoms with Crippen molar-refractivity contribution in [2.24, 2.45) is 0 Å². The average Bonchev–Trinajstić information content (AvgIpc) is 3.39. The highest BCUT2D eigenvalue weighted by atomic mass is 16.3. The van der Waals surface area contributed by atoms with Crippen molar-refractivity contribution in [3.05, 3.63) is 127 Å². The monoisotopic (exact) mass is 494 g/mol. The van der Waals surface area contributed by atoms with Gasteiger partial charge >= 0.3 is 0 Å². The van der Waals surface area contributed by atoms with Gasteiger partial charge in [0.1, 0.15) is 5.52 Å². The summed E-state index contributed by atoms with van der Waals surface area (Å²) in [5.41, 5.74) is 9.39. The van der Waals surface area contributed by atoms with Crippen LogP contribution in [0.15, 0.2) is 132 Å². The number of oxazole rings is 1. The van der Waals surface area contributed by atoms with Crippen molar-refractivity contribution >= 4 is 22.5 Å². The molecule has 0 unspecified atom stereocenters. The summed E-state index contributed by atoms with van der Waals surface area (Å²) in [5.74, 6) is 0.640. The molecule has 3 heteroatoms. The molecule has 3 nitrogen and oxygen atoms in total. The Balaban J connectivity index is 1.41. The van der Waals surface area contributed by atoms with Crippen molar-refractivity contribution in [1.29, 1.82) is 0 Å². The number of rotatable bonds is 5. The highest BCUT2D eigenvalue weighted by molar-refractivity contribution is 5.92. The van der Waals surface area contributed by atoms with E-state index in [1.54, 1.807) is 0 Å². The first-order chi connectivity index (χ1) is 18.5. The second kappa shape index (κ2) is 9.68. The van der Waals surface area contributed by atoms with E-state index in [0.717, 1.165) is 33.5 Å². The molecule has 0 N–H and O–H groups in total. The zero-order chi connectivity index (χ0) is 26.1. The van der Waals surface area contributed by atoms with Gasteiger partial charge in [-0.05, 0) is 68.3 Å². The Hall–Kier alpha value is -4.63.